The predicted molar refractivity (Wildman–Crippen MR) is 71.1 cm³/mol. The highest BCUT2D eigenvalue weighted by atomic mass is 16.3. The van der Waals surface area contributed by atoms with Crippen LogP contribution in [0.2, 0.25) is 0 Å². The van der Waals surface area contributed by atoms with Crippen molar-refractivity contribution < 1.29 is 9.21 Å². The SMILES string of the molecule is Cc1cc([C@@H](C)NC(=O)c2ccc(=O)[nH]c2)c(C)o1. The van der Waals surface area contributed by atoms with Gasteiger partial charge in [-0.2, -0.15) is 0 Å². The van der Waals surface area contributed by atoms with Gasteiger partial charge < -0.3 is 14.7 Å². The van der Waals surface area contributed by atoms with Crippen molar-refractivity contribution in [1.82, 2.24) is 10.3 Å². The van der Waals surface area contributed by atoms with Crippen LogP contribution in [0.25, 0.3) is 0 Å². The third kappa shape index (κ3) is 2.93. The van der Waals surface area contributed by atoms with Crippen molar-refractivity contribution in [3.8, 4) is 0 Å². The maximum atomic E-state index is 12.0. The topological polar surface area (TPSA) is 75.1 Å². The van der Waals surface area contributed by atoms with Crippen molar-refractivity contribution in [2.75, 3.05) is 0 Å². The van der Waals surface area contributed by atoms with Crippen LogP contribution in [-0.4, -0.2) is 10.9 Å². The van der Waals surface area contributed by atoms with Crippen LogP contribution < -0.4 is 10.9 Å². The van der Waals surface area contributed by atoms with Crippen molar-refractivity contribution >= 4 is 5.91 Å². The lowest BCUT2D eigenvalue weighted by atomic mass is 10.1. The zero-order valence-corrected chi connectivity index (χ0v) is 11.1. The quantitative estimate of drug-likeness (QED) is 0.887. The van der Waals surface area contributed by atoms with E-state index in [4.69, 9.17) is 4.42 Å². The van der Waals surface area contributed by atoms with Gasteiger partial charge in [0.2, 0.25) is 5.56 Å². The fourth-order valence-corrected chi connectivity index (χ4v) is 1.99. The number of carbonyl (C=O) groups is 1. The number of carbonyl (C=O) groups excluding carboxylic acids is 1. The second-order valence-electron chi connectivity index (χ2n) is 4.51. The van der Waals surface area contributed by atoms with E-state index in [9.17, 15) is 9.59 Å². The molecule has 0 aromatic carbocycles. The minimum Gasteiger partial charge on any atom is -0.466 e. The number of hydrogen-bond donors (Lipinski definition) is 2. The van der Waals surface area contributed by atoms with Gasteiger partial charge in [-0.1, -0.05) is 0 Å². The molecule has 0 aliphatic heterocycles. The number of aromatic amines is 1. The van der Waals surface area contributed by atoms with Crippen molar-refractivity contribution in [2.45, 2.75) is 26.8 Å². The van der Waals surface area contributed by atoms with E-state index in [2.05, 4.69) is 10.3 Å². The first-order chi connectivity index (χ1) is 8.97. The maximum Gasteiger partial charge on any atom is 0.253 e. The zero-order valence-electron chi connectivity index (χ0n) is 11.1. The van der Waals surface area contributed by atoms with Gasteiger partial charge in [-0.25, -0.2) is 0 Å². The highest BCUT2D eigenvalue weighted by Gasteiger charge is 2.15. The summed E-state index contributed by atoms with van der Waals surface area (Å²) in [5.74, 6) is 1.38. The number of H-pyrrole nitrogens is 1. The lowest BCUT2D eigenvalue weighted by Gasteiger charge is -2.13. The molecule has 2 aromatic heterocycles. The number of aromatic nitrogens is 1. The smallest absolute Gasteiger partial charge is 0.253 e. The Labute approximate surface area is 110 Å². The Balaban J connectivity index is 2.12. The predicted octanol–water partition coefficient (Wildman–Crippen LogP) is 2.08. The fourth-order valence-electron chi connectivity index (χ4n) is 1.99. The number of amides is 1. The Hall–Kier alpha value is -2.30. The summed E-state index contributed by atoms with van der Waals surface area (Å²) in [6, 6.07) is 4.57. The average Bonchev–Trinajstić information content (AvgIpc) is 2.69. The van der Waals surface area contributed by atoms with Crippen LogP contribution >= 0.6 is 0 Å². The lowest BCUT2D eigenvalue weighted by Crippen LogP contribution is -2.27. The minimum absolute atomic E-state index is 0.156. The van der Waals surface area contributed by atoms with Gasteiger partial charge in [0.15, 0.2) is 0 Å². The molecule has 5 heteroatoms. The van der Waals surface area contributed by atoms with E-state index >= 15 is 0 Å². The molecule has 0 bridgehead atoms. The standard InChI is InChI=1S/C14H16N2O3/c1-8-6-12(10(3)19-8)9(2)16-14(18)11-4-5-13(17)15-7-11/h4-7,9H,1-3H3,(H,15,17)(H,16,18)/t9-/m1/s1. The molecule has 0 saturated heterocycles. The fraction of sp³-hybridized carbons (Fsp3) is 0.286. The number of nitrogens with one attached hydrogen (secondary N) is 2. The molecule has 2 N–H and O–H groups in total. The second-order valence-corrected chi connectivity index (χ2v) is 4.51. The minimum atomic E-state index is -0.234. The second kappa shape index (κ2) is 5.14. The van der Waals surface area contributed by atoms with Crippen LogP contribution in [0.4, 0.5) is 0 Å². The van der Waals surface area contributed by atoms with Gasteiger partial charge >= 0.3 is 0 Å². The summed E-state index contributed by atoms with van der Waals surface area (Å²) in [4.78, 5) is 25.4. The van der Waals surface area contributed by atoms with E-state index in [0.717, 1.165) is 17.1 Å². The molecule has 2 heterocycles. The largest absolute Gasteiger partial charge is 0.466 e. The van der Waals surface area contributed by atoms with E-state index in [-0.39, 0.29) is 17.5 Å². The molecule has 0 unspecified atom stereocenters. The molecule has 0 saturated carbocycles. The van der Waals surface area contributed by atoms with E-state index in [1.165, 1.54) is 18.3 Å². The van der Waals surface area contributed by atoms with Gasteiger partial charge in [0.1, 0.15) is 11.5 Å². The van der Waals surface area contributed by atoms with Gasteiger partial charge in [-0.3, -0.25) is 9.59 Å². The third-order valence-electron chi connectivity index (χ3n) is 2.94. The summed E-state index contributed by atoms with van der Waals surface area (Å²) in [5.41, 5.74) is 1.14. The van der Waals surface area contributed by atoms with E-state index in [1.807, 2.05) is 26.8 Å². The molecule has 0 radical (unpaired) electrons. The summed E-state index contributed by atoms with van der Waals surface area (Å²) in [6.07, 6.45) is 1.40. The molecule has 1 atom stereocenters. The summed E-state index contributed by atoms with van der Waals surface area (Å²) in [6.45, 7) is 5.62. The molecule has 2 aromatic rings. The number of hydrogen-bond acceptors (Lipinski definition) is 3. The first-order valence-electron chi connectivity index (χ1n) is 6.04. The molecule has 0 spiro atoms. The van der Waals surface area contributed by atoms with Crippen molar-refractivity contribution in [3.05, 3.63) is 57.4 Å². The summed E-state index contributed by atoms with van der Waals surface area (Å²) >= 11 is 0. The monoisotopic (exact) mass is 260 g/mol. The molecule has 0 aliphatic carbocycles. The summed E-state index contributed by atoms with van der Waals surface area (Å²) < 4.78 is 5.44. The van der Waals surface area contributed by atoms with E-state index < -0.39 is 0 Å². The molecule has 2 rings (SSSR count). The molecule has 100 valence electrons. The normalized spacial score (nSPS) is 12.2. The van der Waals surface area contributed by atoms with Gasteiger partial charge in [-0.15, -0.1) is 0 Å². The number of pyridine rings is 1. The molecular formula is C14H16N2O3. The van der Waals surface area contributed by atoms with Crippen LogP contribution in [0, 0.1) is 13.8 Å². The third-order valence-corrected chi connectivity index (χ3v) is 2.94. The van der Waals surface area contributed by atoms with Crippen molar-refractivity contribution in [1.29, 1.82) is 0 Å². The summed E-state index contributed by atoms with van der Waals surface area (Å²) in [7, 11) is 0. The van der Waals surface area contributed by atoms with E-state index in [1.54, 1.807) is 0 Å². The number of aryl methyl sites for hydroxylation is 2. The Morgan fingerprint density at radius 1 is 1.37 bits per heavy atom. The molecule has 0 fully saturated rings. The van der Waals surface area contributed by atoms with Gasteiger partial charge in [0, 0.05) is 17.8 Å². The van der Waals surface area contributed by atoms with Crippen LogP contribution in [-0.2, 0) is 0 Å². The Kier molecular flexibility index (Phi) is 3.55. The maximum absolute atomic E-state index is 12.0. The average molecular weight is 260 g/mol. The van der Waals surface area contributed by atoms with Gasteiger partial charge in [0.25, 0.3) is 5.91 Å². The Morgan fingerprint density at radius 2 is 2.11 bits per heavy atom. The van der Waals surface area contributed by atoms with Crippen LogP contribution in [0.15, 0.2) is 33.6 Å². The van der Waals surface area contributed by atoms with Gasteiger partial charge in [0.05, 0.1) is 11.6 Å². The first kappa shape index (κ1) is 13.1. The zero-order chi connectivity index (χ0) is 14.0. The van der Waals surface area contributed by atoms with Crippen LogP contribution in [0.5, 0.6) is 0 Å². The molecular weight excluding hydrogens is 244 g/mol. The number of rotatable bonds is 3. The Bertz CT molecular complexity index is 634. The van der Waals surface area contributed by atoms with Gasteiger partial charge in [-0.05, 0) is 32.9 Å². The van der Waals surface area contributed by atoms with Crippen molar-refractivity contribution in [2.24, 2.45) is 0 Å². The van der Waals surface area contributed by atoms with Crippen molar-refractivity contribution in [3.63, 3.8) is 0 Å². The molecule has 5 nitrogen and oxygen atoms in total. The lowest BCUT2D eigenvalue weighted by molar-refractivity contribution is 0.0939. The highest BCUT2D eigenvalue weighted by molar-refractivity contribution is 5.94. The van der Waals surface area contributed by atoms with E-state index in [0.29, 0.717) is 5.56 Å². The molecule has 19 heavy (non-hydrogen) atoms. The summed E-state index contributed by atoms with van der Waals surface area (Å²) in [5, 5.41) is 2.87. The highest BCUT2D eigenvalue weighted by Crippen LogP contribution is 2.21. The number of furan rings is 1. The molecule has 0 aliphatic rings. The molecule has 1 amide bonds. The first-order valence-corrected chi connectivity index (χ1v) is 6.04. The Morgan fingerprint density at radius 3 is 2.63 bits per heavy atom. The van der Waals surface area contributed by atoms with Crippen LogP contribution in [0.3, 0.4) is 0 Å². The van der Waals surface area contributed by atoms with Crippen LogP contribution in [0.1, 0.15) is 40.4 Å².